The third-order valence-electron chi connectivity index (χ3n) is 11.2. The second-order valence-electron chi connectivity index (χ2n) is 14.3. The molecule has 0 spiro atoms. The molecule has 0 bridgehead atoms. The topological polar surface area (TPSA) is 53.7 Å². The van der Waals surface area contributed by atoms with Gasteiger partial charge in [-0.2, -0.15) is 0 Å². The fourth-order valence-corrected chi connectivity index (χ4v) is 8.69. The molecule has 8 aromatic carbocycles. The van der Waals surface area contributed by atoms with Gasteiger partial charge in [-0.25, -0.2) is 0 Å². The number of hydrogen-bond donors (Lipinski definition) is 0. The Morgan fingerprint density at radius 3 is 1.59 bits per heavy atom. The van der Waals surface area contributed by atoms with Crippen molar-refractivity contribution in [1.82, 2.24) is 23.9 Å². The molecule has 262 valence electrons. The van der Waals surface area contributed by atoms with E-state index in [1.807, 2.05) is 36.4 Å². The van der Waals surface area contributed by atoms with Crippen LogP contribution < -0.4 is 0 Å². The Balaban J connectivity index is 1.09. The van der Waals surface area contributed by atoms with Crippen molar-refractivity contribution in [3.8, 4) is 39.8 Å². The molecule has 0 aliphatic heterocycles. The summed E-state index contributed by atoms with van der Waals surface area (Å²) in [6, 6.07) is 66.3. The predicted molar refractivity (Wildman–Crippen MR) is 228 cm³/mol. The number of hydrogen-bond acceptors (Lipinski definition) is 3. The highest BCUT2D eigenvalue weighted by Gasteiger charge is 2.21. The molecule has 0 atom stereocenters. The molecule has 0 aliphatic rings. The van der Waals surface area contributed by atoms with Crippen LogP contribution in [0.4, 0.5) is 0 Å². The van der Waals surface area contributed by atoms with Gasteiger partial charge in [-0.05, 0) is 66.7 Å². The summed E-state index contributed by atoms with van der Waals surface area (Å²) in [5, 5.41) is 16.6. The van der Waals surface area contributed by atoms with Crippen LogP contribution >= 0.6 is 0 Å². The number of fused-ring (bicyclic) bond motifs is 9. The normalized spacial score (nSPS) is 11.9. The molecule has 0 radical (unpaired) electrons. The van der Waals surface area contributed by atoms with Crippen LogP contribution in [0.2, 0.25) is 0 Å². The van der Waals surface area contributed by atoms with Crippen molar-refractivity contribution in [2.24, 2.45) is 0 Å². The molecule has 0 fully saturated rings. The first kappa shape index (κ1) is 30.7. The van der Waals surface area contributed by atoms with Crippen molar-refractivity contribution >= 4 is 65.6 Å². The standard InChI is InChI=1S/C50H31N5O/c1-3-14-32(15-4-1)49-51-52-50(55(49)34-16-5-2-6-17-34)33-26-27-39-37-20-7-10-23-43(37)53(45(39)28-33)35-18-13-19-36(29-35)54-44-24-11-8-21-38(44)41-31-48-42(30-46(41)54)40-22-9-12-25-47(40)56-48/h1-31H. The maximum atomic E-state index is 6.35. The third-order valence-corrected chi connectivity index (χ3v) is 11.2. The van der Waals surface area contributed by atoms with Crippen molar-refractivity contribution in [1.29, 1.82) is 0 Å². The maximum Gasteiger partial charge on any atom is 0.168 e. The van der Waals surface area contributed by atoms with E-state index in [4.69, 9.17) is 14.6 Å². The second kappa shape index (κ2) is 11.9. The van der Waals surface area contributed by atoms with E-state index in [1.165, 1.54) is 16.2 Å². The second-order valence-corrected chi connectivity index (χ2v) is 14.3. The molecule has 0 aliphatic carbocycles. The fraction of sp³-hybridized carbons (Fsp3) is 0. The summed E-state index contributed by atoms with van der Waals surface area (Å²) in [6.07, 6.45) is 0. The van der Waals surface area contributed by atoms with E-state index in [0.717, 1.165) is 89.2 Å². The summed E-state index contributed by atoms with van der Waals surface area (Å²) in [4.78, 5) is 0. The molecule has 6 nitrogen and oxygen atoms in total. The summed E-state index contributed by atoms with van der Waals surface area (Å²) in [7, 11) is 0. The van der Waals surface area contributed by atoms with Crippen molar-refractivity contribution in [3.63, 3.8) is 0 Å². The molecule has 56 heavy (non-hydrogen) atoms. The Bertz CT molecular complexity index is 3480. The van der Waals surface area contributed by atoms with Crippen LogP contribution in [0.3, 0.4) is 0 Å². The summed E-state index contributed by atoms with van der Waals surface area (Å²) in [6.45, 7) is 0. The monoisotopic (exact) mass is 717 g/mol. The largest absolute Gasteiger partial charge is 0.456 e. The Morgan fingerprint density at radius 2 is 0.857 bits per heavy atom. The quantitative estimate of drug-likeness (QED) is 0.178. The van der Waals surface area contributed by atoms with Gasteiger partial charge in [0.2, 0.25) is 0 Å². The van der Waals surface area contributed by atoms with Gasteiger partial charge in [-0.1, -0.05) is 121 Å². The Labute approximate surface area is 320 Å². The van der Waals surface area contributed by atoms with Gasteiger partial charge in [-0.3, -0.25) is 4.57 Å². The minimum atomic E-state index is 0.783. The van der Waals surface area contributed by atoms with Crippen LogP contribution in [0, 0.1) is 0 Å². The molecule has 12 rings (SSSR count). The zero-order chi connectivity index (χ0) is 36.7. The van der Waals surface area contributed by atoms with E-state index in [1.54, 1.807) is 0 Å². The predicted octanol–water partition coefficient (Wildman–Crippen LogP) is 12.7. The van der Waals surface area contributed by atoms with E-state index < -0.39 is 0 Å². The van der Waals surface area contributed by atoms with Gasteiger partial charge in [0.15, 0.2) is 11.6 Å². The van der Waals surface area contributed by atoms with E-state index in [9.17, 15) is 0 Å². The number of nitrogens with zero attached hydrogens (tertiary/aromatic N) is 5. The lowest BCUT2D eigenvalue weighted by atomic mass is 10.1. The van der Waals surface area contributed by atoms with Crippen LogP contribution in [-0.2, 0) is 0 Å². The van der Waals surface area contributed by atoms with E-state index in [0.29, 0.717) is 0 Å². The molecular weight excluding hydrogens is 687 g/mol. The summed E-state index contributed by atoms with van der Waals surface area (Å²) < 4.78 is 13.3. The van der Waals surface area contributed by atoms with Crippen LogP contribution in [0.25, 0.3) is 105 Å². The number of benzene rings is 8. The third kappa shape index (κ3) is 4.50. The molecule has 6 heteroatoms. The molecule has 0 amide bonds. The number of rotatable bonds is 5. The van der Waals surface area contributed by atoms with Crippen molar-refractivity contribution in [2.45, 2.75) is 0 Å². The highest BCUT2D eigenvalue weighted by Crippen LogP contribution is 2.40. The van der Waals surface area contributed by atoms with Gasteiger partial charge in [0.25, 0.3) is 0 Å². The minimum Gasteiger partial charge on any atom is -0.456 e. The Morgan fingerprint density at radius 1 is 0.304 bits per heavy atom. The van der Waals surface area contributed by atoms with Crippen molar-refractivity contribution in [2.75, 3.05) is 0 Å². The Hall–Kier alpha value is -7.70. The van der Waals surface area contributed by atoms with Crippen LogP contribution in [0.15, 0.2) is 192 Å². The minimum absolute atomic E-state index is 0.783. The average Bonchev–Trinajstić information content (AvgIpc) is 4.03. The first-order valence-electron chi connectivity index (χ1n) is 18.8. The fourth-order valence-electron chi connectivity index (χ4n) is 8.69. The summed E-state index contributed by atoms with van der Waals surface area (Å²) >= 11 is 0. The number of para-hydroxylation sites is 4. The zero-order valence-corrected chi connectivity index (χ0v) is 30.0. The number of aromatic nitrogens is 5. The van der Waals surface area contributed by atoms with Crippen LogP contribution in [0.5, 0.6) is 0 Å². The summed E-state index contributed by atoms with van der Waals surface area (Å²) in [5.41, 5.74) is 11.5. The average molecular weight is 718 g/mol. The molecule has 4 aromatic heterocycles. The lowest BCUT2D eigenvalue weighted by Crippen LogP contribution is -2.01. The van der Waals surface area contributed by atoms with Gasteiger partial charge in [0.1, 0.15) is 11.2 Å². The van der Waals surface area contributed by atoms with Crippen LogP contribution in [0.1, 0.15) is 0 Å². The summed E-state index contributed by atoms with van der Waals surface area (Å²) in [5.74, 6) is 1.58. The lowest BCUT2D eigenvalue weighted by molar-refractivity contribution is 0.669. The SMILES string of the molecule is c1ccc(-c2nnc(-c3ccc4c5ccccc5n(-c5cccc(-n6c7ccccc7c7cc8oc9ccccc9c8cc76)c5)c4c3)n2-c2ccccc2)cc1. The van der Waals surface area contributed by atoms with Gasteiger partial charge in [0, 0.05) is 60.5 Å². The molecule has 0 N–H and O–H groups in total. The van der Waals surface area contributed by atoms with Gasteiger partial charge < -0.3 is 13.6 Å². The smallest absolute Gasteiger partial charge is 0.168 e. The first-order valence-corrected chi connectivity index (χ1v) is 18.8. The van der Waals surface area contributed by atoms with E-state index in [-0.39, 0.29) is 0 Å². The highest BCUT2D eigenvalue weighted by molar-refractivity contribution is 6.17. The molecule has 4 heterocycles. The van der Waals surface area contributed by atoms with Gasteiger partial charge >= 0.3 is 0 Å². The first-order chi connectivity index (χ1) is 27.8. The van der Waals surface area contributed by atoms with Crippen molar-refractivity contribution in [3.05, 3.63) is 188 Å². The van der Waals surface area contributed by atoms with Crippen molar-refractivity contribution < 1.29 is 4.42 Å². The molecule has 0 saturated heterocycles. The van der Waals surface area contributed by atoms with Gasteiger partial charge in [-0.15, -0.1) is 10.2 Å². The maximum absolute atomic E-state index is 6.35. The van der Waals surface area contributed by atoms with E-state index in [2.05, 4.69) is 165 Å². The van der Waals surface area contributed by atoms with Gasteiger partial charge in [0.05, 0.1) is 22.1 Å². The Kier molecular flexibility index (Phi) is 6.53. The molecule has 0 unspecified atom stereocenters. The van der Waals surface area contributed by atoms with E-state index >= 15 is 0 Å². The molecular formula is C50H31N5O. The van der Waals surface area contributed by atoms with Crippen LogP contribution in [-0.4, -0.2) is 23.9 Å². The number of furan rings is 1. The molecule has 12 aromatic rings. The molecule has 0 saturated carbocycles. The highest BCUT2D eigenvalue weighted by atomic mass is 16.3. The lowest BCUT2D eigenvalue weighted by Gasteiger charge is -2.14. The zero-order valence-electron chi connectivity index (χ0n) is 30.0.